The van der Waals surface area contributed by atoms with Crippen LogP contribution in [0.1, 0.15) is 31.9 Å². The fourth-order valence-corrected chi connectivity index (χ4v) is 3.42. The van der Waals surface area contributed by atoms with Crippen molar-refractivity contribution < 1.29 is 24.1 Å². The summed E-state index contributed by atoms with van der Waals surface area (Å²) in [6.45, 7) is 6.33. The van der Waals surface area contributed by atoms with Crippen molar-refractivity contribution in [1.29, 1.82) is 0 Å². The van der Waals surface area contributed by atoms with Crippen LogP contribution in [0, 0.1) is 0 Å². The van der Waals surface area contributed by atoms with Gasteiger partial charge < -0.3 is 19.3 Å². The average Bonchev–Trinajstić information content (AvgIpc) is 2.74. The van der Waals surface area contributed by atoms with E-state index in [-0.39, 0.29) is 12.7 Å². The second-order valence-electron chi connectivity index (χ2n) is 7.33. The number of halogens is 1. The first kappa shape index (κ1) is 22.8. The number of rotatable bonds is 10. The number of ether oxygens (including phenoxy) is 3. The Morgan fingerprint density at radius 3 is 2.55 bits per heavy atom. The van der Waals surface area contributed by atoms with Crippen molar-refractivity contribution in [3.05, 3.63) is 64.8 Å². The van der Waals surface area contributed by atoms with E-state index < -0.39 is 12.1 Å². The number of carboxylic acids is 1. The molecule has 3 aromatic rings. The van der Waals surface area contributed by atoms with Gasteiger partial charge in [0.2, 0.25) is 0 Å². The van der Waals surface area contributed by atoms with Gasteiger partial charge in [0.15, 0.2) is 6.10 Å². The summed E-state index contributed by atoms with van der Waals surface area (Å²) in [5, 5.41) is 10.6. The van der Waals surface area contributed by atoms with Crippen LogP contribution in [0.25, 0.3) is 10.9 Å². The van der Waals surface area contributed by atoms with Gasteiger partial charge in [0, 0.05) is 24.6 Å². The summed E-state index contributed by atoms with van der Waals surface area (Å²) >= 11 is 6.29. The molecule has 1 aromatic heterocycles. The lowest BCUT2D eigenvalue weighted by Crippen LogP contribution is -2.26. The third-order valence-electron chi connectivity index (χ3n) is 4.61. The third kappa shape index (κ3) is 5.87. The van der Waals surface area contributed by atoms with Gasteiger partial charge in [0.05, 0.1) is 22.2 Å². The van der Waals surface area contributed by atoms with Gasteiger partial charge in [0.1, 0.15) is 18.1 Å². The number of hydrogen-bond acceptors (Lipinski definition) is 5. The molecule has 0 saturated carbocycles. The molecule has 0 radical (unpaired) electrons. The van der Waals surface area contributed by atoms with Gasteiger partial charge in [-0.3, -0.25) is 4.98 Å². The molecule has 0 fully saturated rings. The van der Waals surface area contributed by atoms with E-state index in [1.807, 2.05) is 50.2 Å². The molecular weight excluding hydrogens is 418 g/mol. The van der Waals surface area contributed by atoms with Crippen LogP contribution in [-0.4, -0.2) is 34.9 Å². The molecule has 0 saturated heterocycles. The standard InChI is InChI=1S/C24H26ClNO5/c1-4-29-21(24(27)28)12-16-8-10-18(11-9-16)30-14-17-13-26-22-19(6-5-7-20(22)25)23(17)31-15(2)3/h5-11,13,15,21H,4,12,14H2,1-3H3,(H,27,28). The van der Waals surface area contributed by atoms with E-state index in [2.05, 4.69) is 4.98 Å². The van der Waals surface area contributed by atoms with Crippen molar-refractivity contribution in [2.24, 2.45) is 0 Å². The number of pyridine rings is 1. The molecule has 1 unspecified atom stereocenters. The predicted octanol–water partition coefficient (Wildman–Crippen LogP) is 5.29. The Kier molecular flexibility index (Phi) is 7.71. The quantitative estimate of drug-likeness (QED) is 0.459. The minimum Gasteiger partial charge on any atom is -0.490 e. The highest BCUT2D eigenvalue weighted by molar-refractivity contribution is 6.35. The monoisotopic (exact) mass is 443 g/mol. The fourth-order valence-electron chi connectivity index (χ4n) is 3.20. The Bertz CT molecular complexity index is 1040. The molecule has 0 aliphatic rings. The molecule has 1 N–H and O–H groups in total. The summed E-state index contributed by atoms with van der Waals surface area (Å²) in [4.78, 5) is 15.7. The summed E-state index contributed by atoms with van der Waals surface area (Å²) in [6, 6.07) is 12.9. The van der Waals surface area contributed by atoms with Crippen LogP contribution >= 0.6 is 11.6 Å². The lowest BCUT2D eigenvalue weighted by atomic mass is 10.1. The maximum atomic E-state index is 11.3. The summed E-state index contributed by atoms with van der Waals surface area (Å²) in [5.74, 6) is 0.401. The van der Waals surface area contributed by atoms with Gasteiger partial charge in [-0.25, -0.2) is 4.79 Å². The van der Waals surface area contributed by atoms with Crippen molar-refractivity contribution in [1.82, 2.24) is 4.98 Å². The molecule has 0 amide bonds. The number of benzene rings is 2. The first-order valence-electron chi connectivity index (χ1n) is 10.2. The molecular formula is C24H26ClNO5. The molecule has 0 aliphatic carbocycles. The molecule has 3 rings (SSSR count). The van der Waals surface area contributed by atoms with Crippen molar-refractivity contribution in [2.75, 3.05) is 6.61 Å². The number of para-hydroxylation sites is 1. The lowest BCUT2D eigenvalue weighted by Gasteiger charge is -2.17. The summed E-state index contributed by atoms with van der Waals surface area (Å²) in [7, 11) is 0. The zero-order valence-corrected chi connectivity index (χ0v) is 18.6. The van der Waals surface area contributed by atoms with Crippen LogP contribution in [0.2, 0.25) is 5.02 Å². The number of carbonyl (C=O) groups is 1. The number of aliphatic carboxylic acids is 1. The summed E-state index contributed by atoms with van der Waals surface area (Å²) < 4.78 is 17.3. The van der Waals surface area contributed by atoms with Crippen molar-refractivity contribution >= 4 is 28.5 Å². The zero-order chi connectivity index (χ0) is 22.4. The zero-order valence-electron chi connectivity index (χ0n) is 17.8. The Morgan fingerprint density at radius 2 is 1.90 bits per heavy atom. The lowest BCUT2D eigenvalue weighted by molar-refractivity contribution is -0.149. The Balaban J connectivity index is 1.75. The van der Waals surface area contributed by atoms with Crippen molar-refractivity contribution in [2.45, 2.75) is 46.0 Å². The Hall–Kier alpha value is -2.83. The number of aromatic nitrogens is 1. The third-order valence-corrected chi connectivity index (χ3v) is 4.91. The predicted molar refractivity (Wildman–Crippen MR) is 120 cm³/mol. The topological polar surface area (TPSA) is 77.9 Å². The van der Waals surface area contributed by atoms with Crippen LogP contribution in [-0.2, 0) is 22.6 Å². The highest BCUT2D eigenvalue weighted by atomic mass is 35.5. The maximum absolute atomic E-state index is 11.3. The molecule has 0 aliphatic heterocycles. The molecule has 2 aromatic carbocycles. The van der Waals surface area contributed by atoms with E-state index in [9.17, 15) is 9.90 Å². The molecule has 7 heteroatoms. The maximum Gasteiger partial charge on any atom is 0.333 e. The molecule has 164 valence electrons. The first-order chi connectivity index (χ1) is 14.9. The smallest absolute Gasteiger partial charge is 0.333 e. The van der Waals surface area contributed by atoms with E-state index in [4.69, 9.17) is 25.8 Å². The van der Waals surface area contributed by atoms with Crippen molar-refractivity contribution in [3.63, 3.8) is 0 Å². The summed E-state index contributed by atoms with van der Waals surface area (Å²) in [5.41, 5.74) is 2.36. The highest BCUT2D eigenvalue weighted by Crippen LogP contribution is 2.33. The van der Waals surface area contributed by atoms with Gasteiger partial charge in [-0.1, -0.05) is 29.8 Å². The number of hydrogen-bond donors (Lipinski definition) is 1. The van der Waals surface area contributed by atoms with E-state index in [1.165, 1.54) is 0 Å². The van der Waals surface area contributed by atoms with E-state index in [0.29, 0.717) is 35.1 Å². The van der Waals surface area contributed by atoms with Gasteiger partial charge >= 0.3 is 5.97 Å². The Morgan fingerprint density at radius 1 is 1.16 bits per heavy atom. The van der Waals surface area contributed by atoms with E-state index in [0.717, 1.165) is 16.5 Å². The van der Waals surface area contributed by atoms with Crippen molar-refractivity contribution in [3.8, 4) is 11.5 Å². The fraction of sp³-hybridized carbons (Fsp3) is 0.333. The van der Waals surface area contributed by atoms with Crippen LogP contribution < -0.4 is 9.47 Å². The number of fused-ring (bicyclic) bond motifs is 1. The SMILES string of the molecule is CCOC(Cc1ccc(OCc2cnc3c(Cl)cccc3c2OC(C)C)cc1)C(=O)O. The number of nitrogens with zero attached hydrogens (tertiary/aromatic N) is 1. The molecule has 0 bridgehead atoms. The number of carboxylic acid groups (broad SMARTS) is 1. The molecule has 1 atom stereocenters. The minimum atomic E-state index is -0.969. The summed E-state index contributed by atoms with van der Waals surface area (Å²) in [6.07, 6.45) is 1.14. The highest BCUT2D eigenvalue weighted by Gasteiger charge is 2.18. The largest absolute Gasteiger partial charge is 0.490 e. The normalized spacial score (nSPS) is 12.2. The van der Waals surface area contributed by atoms with Gasteiger partial charge in [-0.05, 0) is 50.6 Å². The second kappa shape index (κ2) is 10.5. The van der Waals surface area contributed by atoms with E-state index >= 15 is 0 Å². The van der Waals surface area contributed by atoms with Gasteiger partial charge in [0.25, 0.3) is 0 Å². The van der Waals surface area contributed by atoms with Crippen LogP contribution in [0.5, 0.6) is 11.5 Å². The van der Waals surface area contributed by atoms with E-state index in [1.54, 1.807) is 19.2 Å². The Labute approximate surface area is 186 Å². The minimum absolute atomic E-state index is 0.0184. The first-order valence-corrected chi connectivity index (χ1v) is 10.6. The molecule has 31 heavy (non-hydrogen) atoms. The average molecular weight is 444 g/mol. The van der Waals surface area contributed by atoms with Gasteiger partial charge in [-0.2, -0.15) is 0 Å². The van der Waals surface area contributed by atoms with Crippen LogP contribution in [0.4, 0.5) is 0 Å². The molecule has 0 spiro atoms. The van der Waals surface area contributed by atoms with Crippen LogP contribution in [0.15, 0.2) is 48.7 Å². The second-order valence-corrected chi connectivity index (χ2v) is 7.74. The molecule has 1 heterocycles. The molecule has 6 nitrogen and oxygen atoms in total. The van der Waals surface area contributed by atoms with Crippen LogP contribution in [0.3, 0.4) is 0 Å². The van der Waals surface area contributed by atoms with Gasteiger partial charge in [-0.15, -0.1) is 0 Å².